The predicted molar refractivity (Wildman–Crippen MR) is 28.9 cm³/mol. The van der Waals surface area contributed by atoms with Gasteiger partial charge in [0.25, 0.3) is 0 Å². The van der Waals surface area contributed by atoms with E-state index in [1.807, 2.05) is 0 Å². The lowest BCUT2D eigenvalue weighted by atomic mass is 10.1. The van der Waals surface area contributed by atoms with Crippen LogP contribution in [0.4, 0.5) is 0 Å². The molecule has 0 bridgehead atoms. The molecule has 1 aliphatic heterocycles. The fourth-order valence-electron chi connectivity index (χ4n) is 0.773. The lowest BCUT2D eigenvalue weighted by Crippen LogP contribution is -2.14. The fourth-order valence-corrected chi connectivity index (χ4v) is 0.773. The molecule has 0 saturated carbocycles. The zero-order chi connectivity index (χ0) is 5.11. The highest BCUT2D eigenvalue weighted by Gasteiger charge is 2.06. The summed E-state index contributed by atoms with van der Waals surface area (Å²) in [6, 6.07) is 0. The first-order valence-corrected chi connectivity index (χ1v) is 2.83. The third-order valence-electron chi connectivity index (χ3n) is 1.22. The van der Waals surface area contributed by atoms with Gasteiger partial charge in [-0.2, -0.15) is 0 Å². The minimum absolute atomic E-state index is 0.480. The van der Waals surface area contributed by atoms with Gasteiger partial charge in [0.15, 0.2) is 0 Å². The van der Waals surface area contributed by atoms with Crippen molar-refractivity contribution in [1.82, 2.24) is 0 Å². The van der Waals surface area contributed by atoms with Gasteiger partial charge in [-0.25, -0.2) is 0 Å². The highest BCUT2D eigenvalue weighted by molar-refractivity contribution is 4.72. The first-order chi connectivity index (χ1) is 3.39. The van der Waals surface area contributed by atoms with Crippen LogP contribution in [0, 0.1) is 6.42 Å². The molecule has 1 fully saturated rings. The van der Waals surface area contributed by atoms with Crippen LogP contribution in [0.15, 0.2) is 0 Å². The Labute approximate surface area is 44.7 Å². The zero-order valence-corrected chi connectivity index (χ0v) is 4.68. The van der Waals surface area contributed by atoms with E-state index >= 15 is 0 Å². The third kappa shape index (κ3) is 1.48. The Morgan fingerprint density at radius 2 is 2.57 bits per heavy atom. The summed E-state index contributed by atoms with van der Waals surface area (Å²) in [5, 5.41) is 0. The number of hydrogen-bond donors (Lipinski definition) is 0. The van der Waals surface area contributed by atoms with Gasteiger partial charge in [0.05, 0.1) is 6.10 Å². The number of rotatable bonds is 0. The Morgan fingerprint density at radius 1 is 1.71 bits per heavy atom. The first kappa shape index (κ1) is 5.10. The molecular weight excluding hydrogens is 88.1 g/mol. The van der Waals surface area contributed by atoms with Gasteiger partial charge in [-0.3, -0.25) is 0 Å². The van der Waals surface area contributed by atoms with Gasteiger partial charge in [0, 0.05) is 6.61 Å². The zero-order valence-electron chi connectivity index (χ0n) is 4.68. The largest absolute Gasteiger partial charge is 0.378 e. The SMILES string of the molecule is CC1C[CH]CCO1. The Balaban J connectivity index is 2.12. The fraction of sp³-hybridized carbons (Fsp3) is 0.833. The Morgan fingerprint density at radius 3 is 2.86 bits per heavy atom. The molecule has 1 atom stereocenters. The second-order valence-electron chi connectivity index (χ2n) is 1.99. The van der Waals surface area contributed by atoms with Crippen molar-refractivity contribution in [3.05, 3.63) is 6.42 Å². The quantitative estimate of drug-likeness (QED) is 0.446. The van der Waals surface area contributed by atoms with E-state index < -0.39 is 0 Å². The molecule has 1 radical (unpaired) electrons. The molecule has 0 N–H and O–H groups in total. The monoisotopic (exact) mass is 99.1 g/mol. The average Bonchev–Trinajstić information content (AvgIpc) is 1.69. The van der Waals surface area contributed by atoms with Gasteiger partial charge < -0.3 is 4.74 Å². The summed E-state index contributed by atoms with van der Waals surface area (Å²) in [7, 11) is 0. The Bertz CT molecular complexity index is 46.1. The van der Waals surface area contributed by atoms with Crippen molar-refractivity contribution >= 4 is 0 Å². The summed E-state index contributed by atoms with van der Waals surface area (Å²) < 4.78 is 5.25. The van der Waals surface area contributed by atoms with Crippen LogP contribution >= 0.6 is 0 Å². The van der Waals surface area contributed by atoms with E-state index in [9.17, 15) is 0 Å². The summed E-state index contributed by atoms with van der Waals surface area (Å²) in [5.41, 5.74) is 0. The maximum absolute atomic E-state index is 5.25. The summed E-state index contributed by atoms with van der Waals surface area (Å²) in [5.74, 6) is 0. The average molecular weight is 99.2 g/mol. The maximum atomic E-state index is 5.25. The summed E-state index contributed by atoms with van der Waals surface area (Å²) in [6.45, 7) is 3.04. The van der Waals surface area contributed by atoms with Gasteiger partial charge in [-0.05, 0) is 26.2 Å². The maximum Gasteiger partial charge on any atom is 0.0549 e. The normalized spacial score (nSPS) is 33.0. The Kier molecular flexibility index (Phi) is 1.69. The molecule has 1 rings (SSSR count). The topological polar surface area (TPSA) is 9.23 Å². The smallest absolute Gasteiger partial charge is 0.0549 e. The lowest BCUT2D eigenvalue weighted by Gasteiger charge is -2.17. The molecule has 0 amide bonds. The van der Waals surface area contributed by atoms with Crippen molar-refractivity contribution in [3.8, 4) is 0 Å². The van der Waals surface area contributed by atoms with E-state index in [-0.39, 0.29) is 0 Å². The molecule has 1 heteroatoms. The summed E-state index contributed by atoms with van der Waals surface area (Å²) in [6.07, 6.45) is 5.05. The van der Waals surface area contributed by atoms with Crippen LogP contribution in [0.1, 0.15) is 19.8 Å². The van der Waals surface area contributed by atoms with Crippen LogP contribution in [0.2, 0.25) is 0 Å². The molecule has 0 aromatic heterocycles. The van der Waals surface area contributed by atoms with Gasteiger partial charge in [-0.15, -0.1) is 0 Å². The molecule has 1 aliphatic rings. The Hall–Kier alpha value is -0.0400. The second kappa shape index (κ2) is 2.31. The van der Waals surface area contributed by atoms with E-state index in [0.717, 1.165) is 19.4 Å². The minimum Gasteiger partial charge on any atom is -0.378 e. The van der Waals surface area contributed by atoms with Crippen molar-refractivity contribution in [3.63, 3.8) is 0 Å². The van der Waals surface area contributed by atoms with Crippen molar-refractivity contribution in [2.24, 2.45) is 0 Å². The van der Waals surface area contributed by atoms with E-state index in [2.05, 4.69) is 13.3 Å². The van der Waals surface area contributed by atoms with Gasteiger partial charge in [0.1, 0.15) is 0 Å². The molecule has 1 unspecified atom stereocenters. The lowest BCUT2D eigenvalue weighted by molar-refractivity contribution is 0.0468. The standard InChI is InChI=1S/C6H11O/c1-6-4-2-3-5-7-6/h2,6H,3-5H2,1H3. The molecular formula is C6H11O. The second-order valence-corrected chi connectivity index (χ2v) is 1.99. The van der Waals surface area contributed by atoms with Crippen LogP contribution in [-0.2, 0) is 4.74 Å². The highest BCUT2D eigenvalue weighted by Crippen LogP contribution is 2.09. The highest BCUT2D eigenvalue weighted by atomic mass is 16.5. The van der Waals surface area contributed by atoms with Crippen LogP contribution in [0.25, 0.3) is 0 Å². The number of hydrogen-bond acceptors (Lipinski definition) is 1. The first-order valence-electron chi connectivity index (χ1n) is 2.83. The molecule has 0 aliphatic carbocycles. The van der Waals surface area contributed by atoms with Crippen molar-refractivity contribution < 1.29 is 4.74 Å². The van der Waals surface area contributed by atoms with E-state index in [4.69, 9.17) is 4.74 Å². The van der Waals surface area contributed by atoms with Crippen molar-refractivity contribution in [1.29, 1.82) is 0 Å². The van der Waals surface area contributed by atoms with Gasteiger partial charge in [-0.1, -0.05) is 0 Å². The summed E-state index contributed by atoms with van der Waals surface area (Å²) >= 11 is 0. The molecule has 1 saturated heterocycles. The van der Waals surface area contributed by atoms with Crippen LogP contribution in [0.3, 0.4) is 0 Å². The predicted octanol–water partition coefficient (Wildman–Crippen LogP) is 1.39. The third-order valence-corrected chi connectivity index (χ3v) is 1.22. The molecule has 41 valence electrons. The molecule has 1 nitrogen and oxygen atoms in total. The van der Waals surface area contributed by atoms with Crippen molar-refractivity contribution in [2.45, 2.75) is 25.9 Å². The van der Waals surface area contributed by atoms with Gasteiger partial charge in [0.2, 0.25) is 0 Å². The van der Waals surface area contributed by atoms with Crippen LogP contribution in [0.5, 0.6) is 0 Å². The molecule has 0 aromatic carbocycles. The minimum atomic E-state index is 0.480. The summed E-state index contributed by atoms with van der Waals surface area (Å²) in [4.78, 5) is 0. The van der Waals surface area contributed by atoms with E-state index in [1.54, 1.807) is 0 Å². The van der Waals surface area contributed by atoms with Gasteiger partial charge >= 0.3 is 0 Å². The van der Waals surface area contributed by atoms with Crippen LogP contribution < -0.4 is 0 Å². The molecule has 1 heterocycles. The number of ether oxygens (including phenoxy) is 1. The molecule has 0 spiro atoms. The van der Waals surface area contributed by atoms with Crippen molar-refractivity contribution in [2.75, 3.05) is 6.61 Å². The van der Waals surface area contributed by atoms with E-state index in [1.165, 1.54) is 0 Å². The van der Waals surface area contributed by atoms with E-state index in [0.29, 0.717) is 6.10 Å². The van der Waals surface area contributed by atoms with Crippen LogP contribution in [-0.4, -0.2) is 12.7 Å². The molecule has 0 aromatic rings. The molecule has 7 heavy (non-hydrogen) atoms.